The summed E-state index contributed by atoms with van der Waals surface area (Å²) in [5, 5.41) is 2.76. The number of rotatable bonds is 1. The molecule has 1 N–H and O–H groups in total. The highest BCUT2D eigenvalue weighted by molar-refractivity contribution is 5.78. The van der Waals surface area contributed by atoms with Gasteiger partial charge in [-0.2, -0.15) is 0 Å². The highest BCUT2D eigenvalue weighted by Crippen LogP contribution is 2.05. The van der Waals surface area contributed by atoms with E-state index >= 15 is 0 Å². The van der Waals surface area contributed by atoms with E-state index < -0.39 is 0 Å². The van der Waals surface area contributed by atoms with Crippen LogP contribution >= 0.6 is 0 Å². The molecule has 0 bridgehead atoms. The van der Waals surface area contributed by atoms with Gasteiger partial charge in [0.05, 0.1) is 6.04 Å². The molecule has 0 radical (unpaired) electrons. The van der Waals surface area contributed by atoms with E-state index in [9.17, 15) is 4.79 Å². The van der Waals surface area contributed by atoms with Gasteiger partial charge in [0.15, 0.2) is 0 Å². The van der Waals surface area contributed by atoms with E-state index in [1.165, 1.54) is 0 Å². The van der Waals surface area contributed by atoms with Gasteiger partial charge in [0.2, 0.25) is 5.91 Å². The van der Waals surface area contributed by atoms with Crippen molar-refractivity contribution in [2.24, 2.45) is 0 Å². The molecule has 0 saturated carbocycles. The van der Waals surface area contributed by atoms with Crippen LogP contribution in [0.2, 0.25) is 0 Å². The molecule has 1 aliphatic rings. The predicted octanol–water partition coefficient (Wildman–Crippen LogP) is 0.606. The minimum Gasteiger partial charge on any atom is -0.349 e. The van der Waals surface area contributed by atoms with Gasteiger partial charge in [-0.15, -0.1) is 5.73 Å². The topological polar surface area (TPSA) is 29.1 Å². The predicted molar refractivity (Wildman–Crippen MR) is 34.9 cm³/mol. The van der Waals surface area contributed by atoms with Gasteiger partial charge in [0.1, 0.15) is 0 Å². The molecular formula is C7H9NO. The van der Waals surface area contributed by atoms with E-state index in [-0.39, 0.29) is 11.9 Å². The standard InChI is InChI=1S/C7H9NO/c1-2-3-6-4-5-7(9)8-6/h3,6H,1,4-5H2,(H,8,9)/t6-/m1/s1. The number of carbonyl (C=O) groups excluding carboxylic acids is 1. The quantitative estimate of drug-likeness (QED) is 0.508. The summed E-state index contributed by atoms with van der Waals surface area (Å²) >= 11 is 0. The Balaban J connectivity index is 2.48. The largest absolute Gasteiger partial charge is 0.349 e. The Hall–Kier alpha value is -1.01. The molecule has 0 aromatic heterocycles. The van der Waals surface area contributed by atoms with Crippen LogP contribution < -0.4 is 5.32 Å². The van der Waals surface area contributed by atoms with Crippen LogP contribution in [0.25, 0.3) is 0 Å². The monoisotopic (exact) mass is 123 g/mol. The molecular weight excluding hydrogens is 114 g/mol. The normalized spacial score (nSPS) is 24.9. The van der Waals surface area contributed by atoms with Gasteiger partial charge in [-0.25, -0.2) is 0 Å². The molecule has 1 saturated heterocycles. The Labute approximate surface area is 54.3 Å². The smallest absolute Gasteiger partial charge is 0.220 e. The number of amides is 1. The first-order chi connectivity index (χ1) is 4.33. The van der Waals surface area contributed by atoms with Crippen LogP contribution in [-0.4, -0.2) is 11.9 Å². The third kappa shape index (κ3) is 1.44. The van der Waals surface area contributed by atoms with Crippen LogP contribution in [0, 0.1) is 0 Å². The molecule has 0 aliphatic carbocycles. The Morgan fingerprint density at radius 2 is 2.67 bits per heavy atom. The van der Waals surface area contributed by atoms with Crippen LogP contribution in [0.3, 0.4) is 0 Å². The van der Waals surface area contributed by atoms with E-state index in [4.69, 9.17) is 0 Å². The van der Waals surface area contributed by atoms with E-state index in [0.717, 1.165) is 6.42 Å². The van der Waals surface area contributed by atoms with Gasteiger partial charge < -0.3 is 5.32 Å². The zero-order chi connectivity index (χ0) is 6.69. The van der Waals surface area contributed by atoms with Crippen molar-refractivity contribution in [1.29, 1.82) is 0 Å². The summed E-state index contributed by atoms with van der Waals surface area (Å²) in [7, 11) is 0. The fraction of sp³-hybridized carbons (Fsp3) is 0.429. The molecule has 0 aromatic carbocycles. The molecule has 0 spiro atoms. The molecule has 1 atom stereocenters. The van der Waals surface area contributed by atoms with E-state index in [2.05, 4.69) is 17.6 Å². The zero-order valence-electron chi connectivity index (χ0n) is 5.18. The van der Waals surface area contributed by atoms with Crippen LogP contribution in [0.15, 0.2) is 18.4 Å². The molecule has 1 aliphatic heterocycles. The van der Waals surface area contributed by atoms with E-state index in [1.807, 2.05) is 0 Å². The number of hydrogen-bond acceptors (Lipinski definition) is 1. The van der Waals surface area contributed by atoms with Crippen molar-refractivity contribution in [3.05, 3.63) is 18.4 Å². The highest BCUT2D eigenvalue weighted by Gasteiger charge is 2.17. The second kappa shape index (κ2) is 2.51. The summed E-state index contributed by atoms with van der Waals surface area (Å²) in [6.07, 6.45) is 3.31. The van der Waals surface area contributed by atoms with Gasteiger partial charge in [-0.3, -0.25) is 4.79 Å². The van der Waals surface area contributed by atoms with E-state index in [0.29, 0.717) is 6.42 Å². The van der Waals surface area contributed by atoms with Gasteiger partial charge in [-0.1, -0.05) is 6.58 Å². The summed E-state index contributed by atoms with van der Waals surface area (Å²) in [6, 6.07) is 0.190. The summed E-state index contributed by atoms with van der Waals surface area (Å²) < 4.78 is 0. The average molecular weight is 123 g/mol. The lowest BCUT2D eigenvalue weighted by Gasteiger charge is -1.97. The third-order valence-corrected chi connectivity index (χ3v) is 1.35. The number of nitrogens with one attached hydrogen (secondary N) is 1. The molecule has 9 heavy (non-hydrogen) atoms. The summed E-state index contributed by atoms with van der Waals surface area (Å²) in [6.45, 7) is 3.42. The minimum absolute atomic E-state index is 0.131. The van der Waals surface area contributed by atoms with Crippen molar-refractivity contribution in [2.45, 2.75) is 18.9 Å². The van der Waals surface area contributed by atoms with Crippen LogP contribution in [0.1, 0.15) is 12.8 Å². The maximum Gasteiger partial charge on any atom is 0.220 e. The van der Waals surface area contributed by atoms with Crippen molar-refractivity contribution in [1.82, 2.24) is 5.32 Å². The summed E-state index contributed by atoms with van der Waals surface area (Å²) in [5.41, 5.74) is 2.64. The lowest BCUT2D eigenvalue weighted by Crippen LogP contribution is -2.22. The van der Waals surface area contributed by atoms with Crippen molar-refractivity contribution in [3.8, 4) is 0 Å². The lowest BCUT2D eigenvalue weighted by molar-refractivity contribution is -0.119. The van der Waals surface area contributed by atoms with Crippen molar-refractivity contribution >= 4 is 5.91 Å². The van der Waals surface area contributed by atoms with Gasteiger partial charge in [0, 0.05) is 6.42 Å². The summed E-state index contributed by atoms with van der Waals surface area (Å²) in [4.78, 5) is 10.5. The second-order valence-electron chi connectivity index (χ2n) is 2.08. The third-order valence-electron chi connectivity index (χ3n) is 1.35. The van der Waals surface area contributed by atoms with Crippen LogP contribution in [0.4, 0.5) is 0 Å². The Morgan fingerprint density at radius 1 is 1.89 bits per heavy atom. The van der Waals surface area contributed by atoms with Crippen molar-refractivity contribution < 1.29 is 4.79 Å². The number of carbonyl (C=O) groups is 1. The van der Waals surface area contributed by atoms with Crippen LogP contribution in [-0.2, 0) is 4.79 Å². The fourth-order valence-electron chi connectivity index (χ4n) is 0.905. The van der Waals surface area contributed by atoms with Crippen LogP contribution in [0.5, 0.6) is 0 Å². The van der Waals surface area contributed by atoms with Gasteiger partial charge >= 0.3 is 0 Å². The highest BCUT2D eigenvalue weighted by atomic mass is 16.1. The summed E-state index contributed by atoms with van der Waals surface area (Å²) in [5.74, 6) is 0.131. The molecule has 1 rings (SSSR count). The molecule has 1 fully saturated rings. The average Bonchev–Trinajstić information content (AvgIpc) is 2.17. The second-order valence-corrected chi connectivity index (χ2v) is 2.08. The Bertz CT molecular complexity index is 168. The molecule has 2 heteroatoms. The number of hydrogen-bond donors (Lipinski definition) is 1. The molecule has 0 aromatic rings. The van der Waals surface area contributed by atoms with Gasteiger partial charge in [-0.05, 0) is 12.5 Å². The Kier molecular flexibility index (Phi) is 1.71. The molecule has 1 heterocycles. The first-order valence-electron chi connectivity index (χ1n) is 2.98. The Morgan fingerprint density at radius 3 is 3.11 bits per heavy atom. The minimum atomic E-state index is 0.131. The SMILES string of the molecule is C=C=C[C@@H]1CCC(=O)N1. The molecule has 1 amide bonds. The first-order valence-corrected chi connectivity index (χ1v) is 2.98. The molecule has 0 unspecified atom stereocenters. The van der Waals surface area contributed by atoms with Crippen molar-refractivity contribution in [2.75, 3.05) is 0 Å². The van der Waals surface area contributed by atoms with Gasteiger partial charge in [0.25, 0.3) is 0 Å². The van der Waals surface area contributed by atoms with E-state index in [1.54, 1.807) is 6.08 Å². The maximum atomic E-state index is 10.5. The fourth-order valence-corrected chi connectivity index (χ4v) is 0.905. The zero-order valence-corrected chi connectivity index (χ0v) is 5.18. The van der Waals surface area contributed by atoms with Crippen molar-refractivity contribution in [3.63, 3.8) is 0 Å². The maximum absolute atomic E-state index is 10.5. The first kappa shape index (κ1) is 6.12. The molecule has 48 valence electrons. The lowest BCUT2D eigenvalue weighted by atomic mass is 10.2. The molecule has 2 nitrogen and oxygen atoms in total.